The number of amides is 1. The number of ether oxygens (including phenoxy) is 1. The Morgan fingerprint density at radius 3 is 2.02 bits per heavy atom. The van der Waals surface area contributed by atoms with Gasteiger partial charge >= 0.3 is 24.3 Å². The van der Waals surface area contributed by atoms with E-state index in [1.807, 2.05) is 35.2 Å². The standard InChI is InChI=1S/C22H27N3O2.2C2HF3O2/c26-21(19-8-10-23-20-6-2-1-5-18(19)20)25-15-22(16-25)9-7-17(14-27-22)13-24-11-3-4-12-24;2*3-2(4,5)1(6)7/h1-2,5-6,8,10,17H,3-4,7,9,11-16H2;2*(H,6,7). The number of para-hydroxylation sites is 1. The number of aliphatic carboxylic acids is 2. The van der Waals surface area contributed by atoms with Crippen LogP contribution in [0.4, 0.5) is 26.3 Å². The van der Waals surface area contributed by atoms with Crippen LogP contribution in [0.2, 0.25) is 0 Å². The molecule has 1 unspecified atom stereocenters. The van der Waals surface area contributed by atoms with Gasteiger partial charge in [0.15, 0.2) is 0 Å². The van der Waals surface area contributed by atoms with E-state index in [0.717, 1.165) is 42.6 Å². The van der Waals surface area contributed by atoms with Crippen LogP contribution >= 0.6 is 0 Å². The minimum absolute atomic E-state index is 0.0972. The van der Waals surface area contributed by atoms with Gasteiger partial charge in [-0.1, -0.05) is 18.2 Å². The third kappa shape index (κ3) is 8.76. The van der Waals surface area contributed by atoms with Crippen molar-refractivity contribution < 1.29 is 55.7 Å². The maximum absolute atomic E-state index is 13.0. The lowest BCUT2D eigenvalue weighted by Gasteiger charge is -2.53. The Balaban J connectivity index is 0.000000276. The quantitative estimate of drug-likeness (QED) is 0.508. The Morgan fingerprint density at radius 2 is 1.51 bits per heavy atom. The first kappa shape index (κ1) is 32.1. The first-order valence-corrected chi connectivity index (χ1v) is 12.7. The van der Waals surface area contributed by atoms with Crippen molar-refractivity contribution in [3.8, 4) is 0 Å². The highest BCUT2D eigenvalue weighted by atomic mass is 19.4. The molecular weight excluding hydrogens is 564 g/mol. The van der Waals surface area contributed by atoms with Crippen LogP contribution in [-0.2, 0) is 14.3 Å². The van der Waals surface area contributed by atoms with E-state index in [-0.39, 0.29) is 11.5 Å². The number of likely N-dealkylation sites (tertiary alicyclic amines) is 2. The van der Waals surface area contributed by atoms with E-state index in [9.17, 15) is 31.1 Å². The number of fused-ring (bicyclic) bond motifs is 1. The second kappa shape index (κ2) is 13.0. The van der Waals surface area contributed by atoms with Gasteiger partial charge in [0.1, 0.15) is 5.60 Å². The summed E-state index contributed by atoms with van der Waals surface area (Å²) >= 11 is 0. The Kier molecular flexibility index (Phi) is 10.2. The smallest absolute Gasteiger partial charge is 0.475 e. The number of nitrogens with zero attached hydrogens (tertiary/aromatic N) is 3. The van der Waals surface area contributed by atoms with Gasteiger partial charge in [-0.2, -0.15) is 26.3 Å². The number of aromatic nitrogens is 1. The fourth-order valence-corrected chi connectivity index (χ4v) is 4.89. The highest BCUT2D eigenvalue weighted by Crippen LogP contribution is 2.37. The van der Waals surface area contributed by atoms with Crippen molar-refractivity contribution >= 4 is 28.7 Å². The molecule has 3 fully saturated rings. The van der Waals surface area contributed by atoms with Crippen LogP contribution in [-0.4, -0.2) is 100 Å². The van der Waals surface area contributed by atoms with Crippen molar-refractivity contribution in [2.75, 3.05) is 39.3 Å². The number of carboxylic acids is 2. The number of hydrogen-bond donors (Lipinski definition) is 2. The molecule has 1 atom stereocenters. The monoisotopic (exact) mass is 593 g/mol. The largest absolute Gasteiger partial charge is 0.490 e. The fourth-order valence-electron chi connectivity index (χ4n) is 4.89. The first-order valence-electron chi connectivity index (χ1n) is 12.7. The van der Waals surface area contributed by atoms with Gasteiger partial charge in [-0.05, 0) is 56.8 Å². The van der Waals surface area contributed by atoms with Crippen molar-refractivity contribution in [2.24, 2.45) is 5.92 Å². The summed E-state index contributed by atoms with van der Waals surface area (Å²) in [5.74, 6) is -4.76. The van der Waals surface area contributed by atoms with E-state index >= 15 is 0 Å². The first-order chi connectivity index (χ1) is 19.1. The van der Waals surface area contributed by atoms with E-state index in [0.29, 0.717) is 5.92 Å². The van der Waals surface area contributed by atoms with E-state index < -0.39 is 24.3 Å². The normalized spacial score (nSPS) is 20.3. The highest BCUT2D eigenvalue weighted by molar-refractivity contribution is 6.06. The summed E-state index contributed by atoms with van der Waals surface area (Å²) in [7, 11) is 0. The molecule has 0 bridgehead atoms. The lowest BCUT2D eigenvalue weighted by Crippen LogP contribution is -2.66. The number of carboxylic acid groups (broad SMARTS) is 2. The number of halogens is 6. The van der Waals surface area contributed by atoms with Crippen LogP contribution in [0.3, 0.4) is 0 Å². The van der Waals surface area contributed by atoms with Gasteiger partial charge < -0.3 is 24.7 Å². The topological polar surface area (TPSA) is 120 Å². The molecule has 226 valence electrons. The number of hydrogen-bond acceptors (Lipinski definition) is 6. The molecule has 1 aromatic carbocycles. The van der Waals surface area contributed by atoms with Crippen LogP contribution in [0.1, 0.15) is 36.0 Å². The second-order valence-corrected chi connectivity index (χ2v) is 10.0. The SMILES string of the molecule is O=C(O)C(F)(F)F.O=C(O)C(F)(F)F.O=C(c1ccnc2ccccc12)N1CC2(CCC(CN3CCCC3)CO2)C1. The molecule has 2 N–H and O–H groups in total. The molecule has 0 radical (unpaired) electrons. The number of rotatable bonds is 3. The lowest BCUT2D eigenvalue weighted by atomic mass is 9.82. The molecular formula is C26H29F6N3O6. The molecule has 3 saturated heterocycles. The lowest BCUT2D eigenvalue weighted by molar-refractivity contribution is -0.193. The molecule has 9 nitrogen and oxygen atoms in total. The molecule has 4 heterocycles. The maximum atomic E-state index is 13.0. The maximum Gasteiger partial charge on any atom is 0.490 e. The molecule has 15 heteroatoms. The number of carbonyl (C=O) groups is 3. The van der Waals surface area contributed by atoms with Crippen molar-refractivity contribution in [3.63, 3.8) is 0 Å². The van der Waals surface area contributed by atoms with Gasteiger partial charge in [0.25, 0.3) is 5.91 Å². The third-order valence-corrected chi connectivity index (χ3v) is 6.96. The zero-order valence-electron chi connectivity index (χ0n) is 21.7. The predicted molar refractivity (Wildman–Crippen MR) is 132 cm³/mol. The van der Waals surface area contributed by atoms with E-state index in [4.69, 9.17) is 24.5 Å². The molecule has 1 spiro atoms. The number of alkyl halides is 6. The van der Waals surface area contributed by atoms with Crippen LogP contribution in [0.25, 0.3) is 10.9 Å². The number of carbonyl (C=O) groups excluding carboxylic acids is 1. The number of benzene rings is 1. The molecule has 3 aliphatic heterocycles. The zero-order chi connectivity index (χ0) is 30.4. The van der Waals surface area contributed by atoms with Gasteiger partial charge in [-0.25, -0.2) is 9.59 Å². The van der Waals surface area contributed by atoms with Crippen LogP contribution < -0.4 is 0 Å². The Bertz CT molecular complexity index is 1190. The molecule has 1 aromatic heterocycles. The molecule has 3 aliphatic rings. The fraction of sp³-hybridized carbons (Fsp3) is 0.538. The van der Waals surface area contributed by atoms with Crippen molar-refractivity contribution in [1.82, 2.24) is 14.8 Å². The molecule has 41 heavy (non-hydrogen) atoms. The summed E-state index contributed by atoms with van der Waals surface area (Å²) in [5.41, 5.74) is 1.52. The summed E-state index contributed by atoms with van der Waals surface area (Å²) < 4.78 is 69.8. The molecule has 5 rings (SSSR count). The highest BCUT2D eigenvalue weighted by Gasteiger charge is 2.49. The summed E-state index contributed by atoms with van der Waals surface area (Å²) in [6.45, 7) is 5.98. The van der Waals surface area contributed by atoms with Gasteiger partial charge in [-0.15, -0.1) is 0 Å². The van der Waals surface area contributed by atoms with Gasteiger partial charge in [0.2, 0.25) is 0 Å². The van der Waals surface area contributed by atoms with Crippen LogP contribution in [0, 0.1) is 5.92 Å². The van der Waals surface area contributed by atoms with Crippen molar-refractivity contribution in [2.45, 2.75) is 43.6 Å². The average Bonchev–Trinajstić information content (AvgIpc) is 3.40. The van der Waals surface area contributed by atoms with E-state index in [1.54, 1.807) is 6.20 Å². The molecule has 2 aromatic rings. The number of pyridine rings is 1. The Labute approximate surface area is 230 Å². The van der Waals surface area contributed by atoms with Crippen molar-refractivity contribution in [3.05, 3.63) is 42.1 Å². The van der Waals surface area contributed by atoms with E-state index in [1.165, 1.54) is 38.9 Å². The van der Waals surface area contributed by atoms with Crippen molar-refractivity contribution in [1.29, 1.82) is 0 Å². The Hall–Kier alpha value is -3.46. The van der Waals surface area contributed by atoms with Gasteiger partial charge in [0, 0.05) is 18.1 Å². The summed E-state index contributed by atoms with van der Waals surface area (Å²) in [6.07, 6.45) is -3.45. The van der Waals surface area contributed by atoms with Gasteiger partial charge in [-0.3, -0.25) is 9.78 Å². The second-order valence-electron chi connectivity index (χ2n) is 10.0. The summed E-state index contributed by atoms with van der Waals surface area (Å²) in [6, 6.07) is 9.68. The molecule has 0 aliphatic carbocycles. The zero-order valence-corrected chi connectivity index (χ0v) is 21.7. The minimum atomic E-state index is -5.08. The van der Waals surface area contributed by atoms with E-state index in [2.05, 4.69) is 9.88 Å². The van der Waals surface area contributed by atoms with Crippen LogP contribution in [0.5, 0.6) is 0 Å². The summed E-state index contributed by atoms with van der Waals surface area (Å²) in [4.78, 5) is 39.7. The third-order valence-electron chi connectivity index (χ3n) is 6.96. The predicted octanol–water partition coefficient (Wildman–Crippen LogP) is 4.22. The van der Waals surface area contributed by atoms with Gasteiger partial charge in [0.05, 0.1) is 30.8 Å². The Morgan fingerprint density at radius 1 is 0.951 bits per heavy atom. The molecule has 0 saturated carbocycles. The summed E-state index contributed by atoms with van der Waals surface area (Å²) in [5, 5.41) is 15.2. The molecule has 1 amide bonds. The minimum Gasteiger partial charge on any atom is -0.475 e. The van der Waals surface area contributed by atoms with Crippen LogP contribution in [0.15, 0.2) is 36.5 Å². The average molecular weight is 594 g/mol.